The Bertz CT molecular complexity index is 944. The molecule has 0 heterocycles. The molecule has 8 heteroatoms. The first-order valence-corrected chi connectivity index (χ1v) is 10.4. The normalized spacial score (nSPS) is 10.5. The van der Waals surface area contributed by atoms with Crippen LogP contribution in [0.4, 0.5) is 5.69 Å². The number of aryl methyl sites for hydroxylation is 2. The molecule has 0 aliphatic heterocycles. The number of carbonyl (C=O) groups excluding carboxylic acids is 3. The van der Waals surface area contributed by atoms with E-state index in [1.165, 1.54) is 0 Å². The van der Waals surface area contributed by atoms with E-state index in [0.29, 0.717) is 10.2 Å². The summed E-state index contributed by atoms with van der Waals surface area (Å²) in [4.78, 5) is 36.6. The van der Waals surface area contributed by atoms with Crippen LogP contribution in [0, 0.1) is 13.8 Å². The number of ether oxygens (including phenoxy) is 1. The lowest BCUT2D eigenvalue weighted by Gasteiger charge is -2.15. The Balaban J connectivity index is 1.86. The van der Waals surface area contributed by atoms with E-state index in [1.807, 2.05) is 45.9 Å². The lowest BCUT2D eigenvalue weighted by molar-refractivity contribution is -0.124. The van der Waals surface area contributed by atoms with E-state index in [0.717, 1.165) is 16.8 Å². The van der Waals surface area contributed by atoms with Crippen LogP contribution in [0.2, 0.25) is 0 Å². The Hall–Kier alpha value is -2.87. The van der Waals surface area contributed by atoms with E-state index in [2.05, 4.69) is 32.1 Å². The van der Waals surface area contributed by atoms with Crippen LogP contribution in [-0.4, -0.2) is 23.8 Å². The minimum atomic E-state index is -0.514. The van der Waals surface area contributed by atoms with Crippen LogP contribution >= 0.6 is 15.9 Å². The highest BCUT2D eigenvalue weighted by Crippen LogP contribution is 2.24. The summed E-state index contributed by atoms with van der Waals surface area (Å²) >= 11 is 3.32. The molecule has 0 unspecified atom stereocenters. The fraction of sp³-hybridized carbons (Fsp3) is 0.318. The standard InChI is InChI=1S/C22H26BrN3O4/c1-13(2)30-19-8-7-16(23)12-17(19)22(29)26-25-21(28)10-9-20(27)24-18-11-14(3)5-6-15(18)4/h5-8,11-13H,9-10H2,1-4H3,(H,24,27)(H,25,28)(H,26,29). The molecule has 0 aliphatic carbocycles. The van der Waals surface area contributed by atoms with Crippen molar-refractivity contribution in [1.29, 1.82) is 0 Å². The van der Waals surface area contributed by atoms with Crippen LogP contribution in [0.1, 0.15) is 48.2 Å². The quantitative estimate of drug-likeness (QED) is 0.526. The number of nitrogens with one attached hydrogen (secondary N) is 3. The van der Waals surface area contributed by atoms with Crippen molar-refractivity contribution in [1.82, 2.24) is 10.9 Å². The maximum Gasteiger partial charge on any atom is 0.273 e. The summed E-state index contributed by atoms with van der Waals surface area (Å²) in [6.07, 6.45) is -0.179. The van der Waals surface area contributed by atoms with Crippen LogP contribution in [0.25, 0.3) is 0 Å². The van der Waals surface area contributed by atoms with Crippen molar-refractivity contribution in [2.45, 2.75) is 46.6 Å². The second kappa shape index (κ2) is 10.8. The lowest BCUT2D eigenvalue weighted by atomic mass is 10.1. The highest BCUT2D eigenvalue weighted by Gasteiger charge is 2.16. The summed E-state index contributed by atoms with van der Waals surface area (Å²) in [7, 11) is 0. The molecule has 0 spiro atoms. The predicted molar refractivity (Wildman–Crippen MR) is 119 cm³/mol. The van der Waals surface area contributed by atoms with E-state index in [4.69, 9.17) is 4.74 Å². The molecule has 0 saturated heterocycles. The van der Waals surface area contributed by atoms with Gasteiger partial charge < -0.3 is 10.1 Å². The van der Waals surface area contributed by atoms with Gasteiger partial charge in [0.25, 0.3) is 5.91 Å². The van der Waals surface area contributed by atoms with Gasteiger partial charge in [0.2, 0.25) is 11.8 Å². The second-order valence-electron chi connectivity index (χ2n) is 7.18. The van der Waals surface area contributed by atoms with Crippen molar-refractivity contribution in [3.8, 4) is 5.75 Å². The molecule has 3 amide bonds. The topological polar surface area (TPSA) is 96.5 Å². The lowest BCUT2D eigenvalue weighted by Crippen LogP contribution is -2.42. The number of carbonyl (C=O) groups is 3. The van der Waals surface area contributed by atoms with Crippen LogP contribution in [0.3, 0.4) is 0 Å². The molecule has 0 aliphatic rings. The molecule has 0 bridgehead atoms. The third-order valence-electron chi connectivity index (χ3n) is 4.11. The first kappa shape index (κ1) is 23.4. The number of benzene rings is 2. The Labute approximate surface area is 184 Å². The molecule has 7 nitrogen and oxygen atoms in total. The molecule has 0 saturated carbocycles. The number of hydrogen-bond acceptors (Lipinski definition) is 4. The van der Waals surface area contributed by atoms with Gasteiger partial charge in [0, 0.05) is 23.0 Å². The predicted octanol–water partition coefficient (Wildman–Crippen LogP) is 4.03. The van der Waals surface area contributed by atoms with Gasteiger partial charge in [-0.3, -0.25) is 25.2 Å². The number of hydrazine groups is 1. The summed E-state index contributed by atoms with van der Waals surface area (Å²) < 4.78 is 6.34. The van der Waals surface area contributed by atoms with Crippen LogP contribution < -0.4 is 20.9 Å². The van der Waals surface area contributed by atoms with Gasteiger partial charge in [-0.25, -0.2) is 0 Å². The van der Waals surface area contributed by atoms with E-state index in [1.54, 1.807) is 18.2 Å². The summed E-state index contributed by atoms with van der Waals surface area (Å²) in [6, 6.07) is 10.8. The van der Waals surface area contributed by atoms with Crippen molar-refractivity contribution < 1.29 is 19.1 Å². The SMILES string of the molecule is Cc1ccc(C)c(NC(=O)CCC(=O)NNC(=O)c2cc(Br)ccc2OC(C)C)c1. The van der Waals surface area contributed by atoms with Gasteiger partial charge in [-0.1, -0.05) is 28.1 Å². The summed E-state index contributed by atoms with van der Waals surface area (Å²) in [6.45, 7) is 7.55. The average Bonchev–Trinajstić information content (AvgIpc) is 2.68. The van der Waals surface area contributed by atoms with Crippen LogP contribution in [-0.2, 0) is 9.59 Å². The zero-order valence-electron chi connectivity index (χ0n) is 17.5. The summed E-state index contributed by atoms with van der Waals surface area (Å²) in [5.74, 6) is -0.849. The molecule has 2 rings (SSSR count). The monoisotopic (exact) mass is 475 g/mol. The Kier molecular flexibility index (Phi) is 8.41. The second-order valence-corrected chi connectivity index (χ2v) is 8.09. The fourth-order valence-electron chi connectivity index (χ4n) is 2.60. The van der Waals surface area contributed by atoms with Gasteiger partial charge in [-0.05, 0) is 63.1 Å². The van der Waals surface area contributed by atoms with E-state index in [-0.39, 0.29) is 30.4 Å². The minimum absolute atomic E-state index is 0.00627. The summed E-state index contributed by atoms with van der Waals surface area (Å²) in [5.41, 5.74) is 7.67. The molecule has 3 N–H and O–H groups in total. The molecule has 0 aromatic heterocycles. The molecule has 0 radical (unpaired) electrons. The van der Waals surface area contributed by atoms with Crippen molar-refractivity contribution in [2.24, 2.45) is 0 Å². The third-order valence-corrected chi connectivity index (χ3v) is 4.60. The molecule has 2 aromatic rings. The Morgan fingerprint density at radius 3 is 2.37 bits per heavy atom. The number of hydrogen-bond donors (Lipinski definition) is 3. The third kappa shape index (κ3) is 7.18. The maximum absolute atomic E-state index is 12.4. The van der Waals surface area contributed by atoms with E-state index >= 15 is 0 Å². The van der Waals surface area contributed by atoms with E-state index in [9.17, 15) is 14.4 Å². The van der Waals surface area contributed by atoms with Crippen molar-refractivity contribution in [3.05, 3.63) is 57.6 Å². The zero-order valence-corrected chi connectivity index (χ0v) is 19.1. The van der Waals surface area contributed by atoms with E-state index < -0.39 is 11.8 Å². The first-order chi connectivity index (χ1) is 14.2. The minimum Gasteiger partial charge on any atom is -0.490 e. The van der Waals surface area contributed by atoms with Gasteiger partial charge in [-0.15, -0.1) is 0 Å². The molecule has 0 fully saturated rings. The number of amides is 3. The van der Waals surface area contributed by atoms with Gasteiger partial charge in [0.1, 0.15) is 5.75 Å². The fourth-order valence-corrected chi connectivity index (χ4v) is 2.96. The highest BCUT2D eigenvalue weighted by atomic mass is 79.9. The molecule has 160 valence electrons. The highest BCUT2D eigenvalue weighted by molar-refractivity contribution is 9.10. The Morgan fingerprint density at radius 2 is 1.67 bits per heavy atom. The average molecular weight is 476 g/mol. The van der Waals surface area contributed by atoms with Crippen LogP contribution in [0.15, 0.2) is 40.9 Å². The molecular weight excluding hydrogens is 450 g/mol. The molecule has 0 atom stereocenters. The van der Waals surface area contributed by atoms with Gasteiger partial charge in [0.05, 0.1) is 11.7 Å². The first-order valence-electron chi connectivity index (χ1n) is 9.58. The molecule has 30 heavy (non-hydrogen) atoms. The van der Waals surface area contributed by atoms with Crippen molar-refractivity contribution in [3.63, 3.8) is 0 Å². The van der Waals surface area contributed by atoms with Gasteiger partial charge in [-0.2, -0.15) is 0 Å². The zero-order chi connectivity index (χ0) is 22.3. The number of halogens is 1. The number of anilines is 1. The van der Waals surface area contributed by atoms with Crippen molar-refractivity contribution >= 4 is 39.3 Å². The maximum atomic E-state index is 12.4. The summed E-state index contributed by atoms with van der Waals surface area (Å²) in [5, 5.41) is 2.80. The molecular formula is C22H26BrN3O4. The van der Waals surface area contributed by atoms with Crippen molar-refractivity contribution in [2.75, 3.05) is 5.32 Å². The largest absolute Gasteiger partial charge is 0.490 e. The number of rotatable bonds is 7. The molecule has 2 aromatic carbocycles. The van der Waals surface area contributed by atoms with Gasteiger partial charge in [0.15, 0.2) is 0 Å². The Morgan fingerprint density at radius 1 is 0.967 bits per heavy atom. The van der Waals surface area contributed by atoms with Crippen LogP contribution in [0.5, 0.6) is 5.75 Å². The van der Waals surface area contributed by atoms with Gasteiger partial charge >= 0.3 is 0 Å². The smallest absolute Gasteiger partial charge is 0.273 e.